The van der Waals surface area contributed by atoms with Gasteiger partial charge in [-0.2, -0.15) is 0 Å². The van der Waals surface area contributed by atoms with Crippen molar-refractivity contribution in [3.63, 3.8) is 0 Å². The van der Waals surface area contributed by atoms with E-state index in [-0.39, 0.29) is 11.8 Å². The fourth-order valence-electron chi connectivity index (χ4n) is 11.5. The van der Waals surface area contributed by atoms with Gasteiger partial charge in [0.1, 0.15) is 0 Å². The Bertz CT molecular complexity index is 4110. The first-order chi connectivity index (χ1) is 37.6. The second-order valence-electron chi connectivity index (χ2n) is 19.5. The smallest absolute Gasteiger partial charge is 0.160 e. The average molecular weight is 971 g/mol. The fourth-order valence-corrected chi connectivity index (χ4v) is 11.5. The summed E-state index contributed by atoms with van der Waals surface area (Å²) >= 11 is 0. The van der Waals surface area contributed by atoms with Gasteiger partial charge in [-0.05, 0) is 80.9 Å². The van der Waals surface area contributed by atoms with Crippen LogP contribution in [-0.2, 0) is 0 Å². The van der Waals surface area contributed by atoms with Crippen molar-refractivity contribution < 1.29 is 0 Å². The quantitative estimate of drug-likeness (QED) is 0.148. The largest absolute Gasteiger partial charge is 0.253 e. The number of benzene rings is 9. The molecular weight excluding hydrogens is 929 g/mol. The average Bonchev–Trinajstić information content (AvgIpc) is 3.64. The molecule has 0 amide bonds. The minimum absolute atomic E-state index is 0.0154. The molecule has 9 aromatic carbocycles. The van der Waals surface area contributed by atoms with Gasteiger partial charge in [0, 0.05) is 81.1 Å². The van der Waals surface area contributed by atoms with E-state index in [0.29, 0.717) is 11.6 Å². The monoisotopic (exact) mass is 970 g/mol. The molecule has 16 rings (SSSR count). The van der Waals surface area contributed by atoms with Crippen LogP contribution in [0, 0.1) is 0 Å². The van der Waals surface area contributed by atoms with Crippen LogP contribution in [0.15, 0.2) is 243 Å². The molecule has 8 heteroatoms. The first kappa shape index (κ1) is 43.4. The predicted octanol–water partition coefficient (Wildman–Crippen LogP) is 15.5. The zero-order chi connectivity index (χ0) is 50.1. The van der Waals surface area contributed by atoms with Gasteiger partial charge in [-0.25, -0.2) is 19.9 Å². The van der Waals surface area contributed by atoms with Gasteiger partial charge < -0.3 is 0 Å². The van der Waals surface area contributed by atoms with Crippen molar-refractivity contribution in [1.29, 1.82) is 0 Å². The second-order valence-corrected chi connectivity index (χ2v) is 19.5. The van der Waals surface area contributed by atoms with Crippen molar-refractivity contribution in [3.8, 4) is 90.1 Å². The molecule has 2 bridgehead atoms. The molecule has 0 N–H and O–H groups in total. The molecule has 354 valence electrons. The maximum Gasteiger partial charge on any atom is 0.160 e. The van der Waals surface area contributed by atoms with E-state index in [0.717, 1.165) is 100 Å². The Labute approximate surface area is 438 Å². The van der Waals surface area contributed by atoms with Gasteiger partial charge in [-0.3, -0.25) is 19.9 Å². The Morgan fingerprint density at radius 2 is 0.579 bits per heavy atom. The van der Waals surface area contributed by atoms with E-state index in [1.807, 2.05) is 36.4 Å². The maximum absolute atomic E-state index is 5.33. The van der Waals surface area contributed by atoms with Gasteiger partial charge in [0.25, 0.3) is 0 Å². The number of nitrogens with zero attached hydrogens (tertiary/aromatic N) is 8. The third-order valence-electron chi connectivity index (χ3n) is 15.1. The van der Waals surface area contributed by atoms with Crippen LogP contribution in [0.2, 0.25) is 0 Å². The van der Waals surface area contributed by atoms with E-state index in [9.17, 15) is 0 Å². The minimum atomic E-state index is 0.0154. The fraction of sp³-hybridized carbons (Fsp3) is 0.0294. The normalized spacial score (nSPS) is 14.1. The molecule has 4 heterocycles. The molecular formula is C68H42N8. The van der Waals surface area contributed by atoms with Crippen LogP contribution in [0.1, 0.15) is 45.2 Å². The Kier molecular flexibility index (Phi) is 10.2. The molecule has 0 saturated carbocycles. The summed E-state index contributed by atoms with van der Waals surface area (Å²) in [5, 5.41) is 0. The van der Waals surface area contributed by atoms with Crippen molar-refractivity contribution in [1.82, 2.24) is 39.9 Å². The SMILES string of the molecule is c1ccc(-c2cc(-c3ccc(-c4cccc5nccnc45)cc3)nc(-c3ccc4c(c3)C3c5ccccc5C4c4cc(-c5nc(-c6ccccc6)cc(-c6ccc(-c7cccc8nccnc78)cc6)n5)ccc43)n2)cc1. The Morgan fingerprint density at radius 1 is 0.237 bits per heavy atom. The number of hydrogen-bond donors (Lipinski definition) is 0. The maximum atomic E-state index is 5.33. The van der Waals surface area contributed by atoms with Crippen LogP contribution >= 0.6 is 0 Å². The van der Waals surface area contributed by atoms with E-state index < -0.39 is 0 Å². The highest BCUT2D eigenvalue weighted by Crippen LogP contribution is 2.56. The van der Waals surface area contributed by atoms with E-state index in [1.54, 1.807) is 24.8 Å². The summed E-state index contributed by atoms with van der Waals surface area (Å²) < 4.78 is 0. The molecule has 8 nitrogen and oxygen atoms in total. The van der Waals surface area contributed by atoms with Crippen molar-refractivity contribution >= 4 is 22.1 Å². The van der Waals surface area contributed by atoms with Gasteiger partial charge in [-0.1, -0.05) is 182 Å². The summed E-state index contributed by atoms with van der Waals surface area (Å²) in [7, 11) is 0. The van der Waals surface area contributed by atoms with Gasteiger partial charge >= 0.3 is 0 Å². The minimum Gasteiger partial charge on any atom is -0.253 e. The number of hydrogen-bond acceptors (Lipinski definition) is 8. The Balaban J connectivity index is 0.811. The lowest BCUT2D eigenvalue weighted by Gasteiger charge is -2.42. The zero-order valence-corrected chi connectivity index (χ0v) is 40.8. The van der Waals surface area contributed by atoms with Crippen LogP contribution in [0.3, 0.4) is 0 Å². The molecule has 2 atom stereocenters. The van der Waals surface area contributed by atoms with Crippen LogP contribution in [0.25, 0.3) is 112 Å². The predicted molar refractivity (Wildman–Crippen MR) is 302 cm³/mol. The third-order valence-corrected chi connectivity index (χ3v) is 15.1. The number of para-hydroxylation sites is 2. The highest BCUT2D eigenvalue weighted by molar-refractivity contribution is 5.93. The molecule has 76 heavy (non-hydrogen) atoms. The zero-order valence-electron chi connectivity index (χ0n) is 40.8. The number of rotatable bonds is 8. The molecule has 2 unspecified atom stereocenters. The summed E-state index contributed by atoms with van der Waals surface area (Å²) in [6.07, 6.45) is 6.96. The standard InChI is InChI=1S/C68H42N8/c1-3-11-43(12-4-1)59-39-61(45-25-21-41(22-26-45)49-17-9-19-57-65(49)71-35-33-69-57)75-67(73-59)47-29-31-53-55(37-47)63-51-15-7-8-16-52(51)64(53)56-38-48(30-32-54(56)63)68-74-60(44-13-5-2-6-14-44)40-62(76-68)46-27-23-42(24-28-46)50-18-10-20-58-66(50)72-36-34-70-58/h1-40,63-64H. The van der Waals surface area contributed by atoms with E-state index >= 15 is 0 Å². The number of aromatic nitrogens is 8. The van der Waals surface area contributed by atoms with Crippen LogP contribution in [-0.4, -0.2) is 39.9 Å². The van der Waals surface area contributed by atoms with E-state index in [1.165, 1.54) is 33.4 Å². The molecule has 4 aromatic heterocycles. The number of fused-ring (bicyclic) bond motifs is 2. The molecule has 3 aliphatic carbocycles. The van der Waals surface area contributed by atoms with E-state index in [2.05, 4.69) is 202 Å². The molecule has 0 aliphatic heterocycles. The summed E-state index contributed by atoms with van der Waals surface area (Å²) in [6.45, 7) is 0. The summed E-state index contributed by atoms with van der Waals surface area (Å²) in [4.78, 5) is 39.6. The molecule has 0 fully saturated rings. The van der Waals surface area contributed by atoms with Gasteiger partial charge in [0.15, 0.2) is 11.6 Å². The lowest BCUT2D eigenvalue weighted by molar-refractivity contribution is 0.754. The van der Waals surface area contributed by atoms with Crippen molar-refractivity contribution in [3.05, 3.63) is 277 Å². The third kappa shape index (κ3) is 7.37. The molecule has 3 aliphatic rings. The van der Waals surface area contributed by atoms with Crippen LogP contribution in [0.5, 0.6) is 0 Å². The van der Waals surface area contributed by atoms with Gasteiger partial charge in [-0.15, -0.1) is 0 Å². The summed E-state index contributed by atoms with van der Waals surface area (Å²) in [5.41, 5.74) is 25.0. The Hall–Kier alpha value is -10.2. The first-order valence-corrected chi connectivity index (χ1v) is 25.5. The van der Waals surface area contributed by atoms with Gasteiger partial charge in [0.05, 0.1) is 44.8 Å². The van der Waals surface area contributed by atoms with Crippen molar-refractivity contribution in [2.45, 2.75) is 11.8 Å². The summed E-state index contributed by atoms with van der Waals surface area (Å²) in [5.74, 6) is 1.39. The molecule has 0 spiro atoms. The van der Waals surface area contributed by atoms with E-state index in [4.69, 9.17) is 19.9 Å². The summed E-state index contributed by atoms with van der Waals surface area (Å²) in [6, 6.07) is 77.0. The van der Waals surface area contributed by atoms with Crippen LogP contribution in [0.4, 0.5) is 0 Å². The lowest BCUT2D eigenvalue weighted by atomic mass is 9.61. The van der Waals surface area contributed by atoms with Gasteiger partial charge in [0.2, 0.25) is 0 Å². The second kappa shape index (κ2) is 17.8. The highest BCUT2D eigenvalue weighted by atomic mass is 14.9. The van der Waals surface area contributed by atoms with Crippen molar-refractivity contribution in [2.24, 2.45) is 0 Å². The van der Waals surface area contributed by atoms with Crippen molar-refractivity contribution in [2.75, 3.05) is 0 Å². The highest BCUT2D eigenvalue weighted by Gasteiger charge is 2.41. The lowest BCUT2D eigenvalue weighted by Crippen LogP contribution is -2.27. The molecule has 0 radical (unpaired) electrons. The Morgan fingerprint density at radius 3 is 1.00 bits per heavy atom. The molecule has 13 aromatic rings. The topological polar surface area (TPSA) is 103 Å². The first-order valence-electron chi connectivity index (χ1n) is 25.5. The molecule has 0 saturated heterocycles. The van der Waals surface area contributed by atoms with Crippen LogP contribution < -0.4 is 0 Å².